The Morgan fingerprint density at radius 3 is 2.90 bits per heavy atom. The van der Waals surface area contributed by atoms with Crippen LogP contribution in [0.2, 0.25) is 0 Å². The number of hydrogen-bond donors (Lipinski definition) is 2. The minimum atomic E-state index is -0.283. The Bertz CT molecular complexity index is 638. The Morgan fingerprint density at radius 1 is 1.45 bits per heavy atom. The lowest BCUT2D eigenvalue weighted by molar-refractivity contribution is 0.0977. The summed E-state index contributed by atoms with van der Waals surface area (Å²) < 4.78 is 0. The summed E-state index contributed by atoms with van der Waals surface area (Å²) in [6, 6.07) is 7.23. The highest BCUT2D eigenvalue weighted by Gasteiger charge is 2.09. The number of carbonyl (C=O) groups excluding carboxylic acids is 1. The maximum Gasteiger partial charge on any atom is 0.269 e. The van der Waals surface area contributed by atoms with E-state index in [1.807, 2.05) is 26.0 Å². The first kappa shape index (κ1) is 14.1. The van der Waals surface area contributed by atoms with Gasteiger partial charge in [0.2, 0.25) is 0 Å². The molecule has 0 aliphatic rings. The summed E-state index contributed by atoms with van der Waals surface area (Å²) in [4.78, 5) is 13.4. The summed E-state index contributed by atoms with van der Waals surface area (Å²) >= 11 is 5.03. The van der Waals surface area contributed by atoms with Crippen LogP contribution in [0, 0.1) is 6.92 Å². The third-order valence-electron chi connectivity index (χ3n) is 2.47. The minimum absolute atomic E-state index is 0.132. The lowest BCUT2D eigenvalue weighted by Gasteiger charge is -2.06. The van der Waals surface area contributed by atoms with Crippen LogP contribution in [0.5, 0.6) is 0 Å². The molecule has 2 N–H and O–H groups in total. The Morgan fingerprint density at radius 2 is 2.25 bits per heavy atom. The smallest absolute Gasteiger partial charge is 0.269 e. The fourth-order valence-electron chi connectivity index (χ4n) is 1.52. The van der Waals surface area contributed by atoms with Crippen LogP contribution < -0.4 is 10.6 Å². The predicted octanol–water partition coefficient (Wildman–Crippen LogP) is 1.13. The van der Waals surface area contributed by atoms with Crippen molar-refractivity contribution in [3.05, 3.63) is 35.4 Å². The van der Waals surface area contributed by atoms with Gasteiger partial charge in [-0.05, 0) is 43.4 Å². The van der Waals surface area contributed by atoms with E-state index in [2.05, 4.69) is 26.0 Å². The minimum Gasteiger partial charge on any atom is -0.299 e. The van der Waals surface area contributed by atoms with Gasteiger partial charge < -0.3 is 0 Å². The van der Waals surface area contributed by atoms with Crippen LogP contribution >= 0.6 is 12.2 Å². The van der Waals surface area contributed by atoms with Crippen LogP contribution in [-0.4, -0.2) is 31.2 Å². The van der Waals surface area contributed by atoms with Crippen molar-refractivity contribution in [2.45, 2.75) is 20.4 Å². The molecule has 2 rings (SSSR count). The van der Waals surface area contributed by atoms with Gasteiger partial charge in [0.1, 0.15) is 0 Å². The number of tetrazole rings is 1. The molecule has 7 nitrogen and oxygen atoms in total. The SMILES string of the molecule is CCn1nnc(NC(=S)NC(=O)c2cccc(C)c2)n1. The first-order valence-corrected chi connectivity index (χ1v) is 6.46. The van der Waals surface area contributed by atoms with E-state index in [-0.39, 0.29) is 17.0 Å². The summed E-state index contributed by atoms with van der Waals surface area (Å²) in [5.74, 6) is -0.0320. The largest absolute Gasteiger partial charge is 0.299 e. The van der Waals surface area contributed by atoms with E-state index in [0.29, 0.717) is 12.1 Å². The molecule has 8 heteroatoms. The summed E-state index contributed by atoms with van der Waals surface area (Å²) in [6.45, 7) is 4.42. The van der Waals surface area contributed by atoms with Gasteiger partial charge in [-0.1, -0.05) is 22.8 Å². The third-order valence-corrected chi connectivity index (χ3v) is 2.67. The summed E-state index contributed by atoms with van der Waals surface area (Å²) in [6.07, 6.45) is 0. The van der Waals surface area contributed by atoms with E-state index >= 15 is 0 Å². The molecule has 0 spiro atoms. The molecule has 20 heavy (non-hydrogen) atoms. The summed E-state index contributed by atoms with van der Waals surface area (Å²) in [5.41, 5.74) is 1.54. The van der Waals surface area contributed by atoms with Gasteiger partial charge in [-0.25, -0.2) is 0 Å². The molecule has 0 saturated carbocycles. The predicted molar refractivity (Wildman–Crippen MR) is 78.4 cm³/mol. The van der Waals surface area contributed by atoms with Crippen LogP contribution in [0.15, 0.2) is 24.3 Å². The lowest BCUT2D eigenvalue weighted by atomic mass is 10.1. The number of amides is 1. The number of carbonyl (C=O) groups is 1. The summed E-state index contributed by atoms with van der Waals surface area (Å²) in [7, 11) is 0. The number of benzene rings is 1. The van der Waals surface area contributed by atoms with Crippen LogP contribution in [0.3, 0.4) is 0 Å². The molecular formula is C12H14N6OS. The Kier molecular flexibility index (Phi) is 4.36. The fourth-order valence-corrected chi connectivity index (χ4v) is 1.71. The van der Waals surface area contributed by atoms with Gasteiger partial charge in [-0.15, -0.1) is 5.10 Å². The van der Waals surface area contributed by atoms with Gasteiger partial charge in [0.15, 0.2) is 5.11 Å². The van der Waals surface area contributed by atoms with Gasteiger partial charge in [-0.2, -0.15) is 4.80 Å². The topological polar surface area (TPSA) is 84.7 Å². The second-order valence-corrected chi connectivity index (χ2v) is 4.49. The second-order valence-electron chi connectivity index (χ2n) is 4.08. The second kappa shape index (κ2) is 6.20. The Balaban J connectivity index is 1.95. The molecule has 1 heterocycles. The molecule has 0 unspecified atom stereocenters. The molecular weight excluding hydrogens is 276 g/mol. The molecule has 0 aliphatic carbocycles. The van der Waals surface area contributed by atoms with Gasteiger partial charge in [0.05, 0.1) is 6.54 Å². The fraction of sp³-hybridized carbons (Fsp3) is 0.250. The van der Waals surface area contributed by atoms with E-state index in [4.69, 9.17) is 12.2 Å². The zero-order valence-corrected chi connectivity index (χ0v) is 11.9. The Hall–Kier alpha value is -2.35. The highest BCUT2D eigenvalue weighted by atomic mass is 32.1. The van der Waals surface area contributed by atoms with Crippen LogP contribution in [0.25, 0.3) is 0 Å². The van der Waals surface area contributed by atoms with Crippen LogP contribution in [0.4, 0.5) is 5.95 Å². The van der Waals surface area contributed by atoms with Crippen molar-refractivity contribution < 1.29 is 4.79 Å². The maximum absolute atomic E-state index is 12.0. The molecule has 0 saturated heterocycles. The van der Waals surface area contributed by atoms with Crippen LogP contribution in [0.1, 0.15) is 22.8 Å². The van der Waals surface area contributed by atoms with Crippen molar-refractivity contribution in [3.63, 3.8) is 0 Å². The molecule has 2 aromatic rings. The normalized spacial score (nSPS) is 10.1. The highest BCUT2D eigenvalue weighted by Crippen LogP contribution is 2.03. The molecule has 0 bridgehead atoms. The maximum atomic E-state index is 12.0. The number of hydrogen-bond acceptors (Lipinski definition) is 5. The lowest BCUT2D eigenvalue weighted by Crippen LogP contribution is -2.34. The molecule has 1 aromatic carbocycles. The molecule has 1 aromatic heterocycles. The average Bonchev–Trinajstić information content (AvgIpc) is 2.86. The van der Waals surface area contributed by atoms with E-state index in [9.17, 15) is 4.79 Å². The number of thiocarbonyl (C=S) groups is 1. The zero-order chi connectivity index (χ0) is 14.5. The van der Waals surface area contributed by atoms with Crippen molar-refractivity contribution in [2.75, 3.05) is 5.32 Å². The monoisotopic (exact) mass is 290 g/mol. The number of nitrogens with one attached hydrogen (secondary N) is 2. The first-order valence-electron chi connectivity index (χ1n) is 6.05. The van der Waals surface area contributed by atoms with Crippen LogP contribution in [-0.2, 0) is 6.54 Å². The van der Waals surface area contributed by atoms with Crippen molar-refractivity contribution in [2.24, 2.45) is 0 Å². The number of anilines is 1. The van der Waals surface area contributed by atoms with E-state index in [0.717, 1.165) is 5.56 Å². The standard InChI is InChI=1S/C12H14N6OS/c1-3-18-16-11(15-17-18)14-12(20)13-10(19)9-6-4-5-8(2)7-9/h4-7H,3H2,1-2H3,(H2,13,14,16,19,20). The van der Waals surface area contributed by atoms with Crippen molar-refractivity contribution in [3.8, 4) is 0 Å². The Labute approximate surface area is 121 Å². The number of nitrogens with zero attached hydrogens (tertiary/aromatic N) is 4. The van der Waals surface area contributed by atoms with Crippen molar-refractivity contribution in [1.82, 2.24) is 25.5 Å². The molecule has 0 atom stereocenters. The van der Waals surface area contributed by atoms with Gasteiger partial charge in [0, 0.05) is 5.56 Å². The highest BCUT2D eigenvalue weighted by molar-refractivity contribution is 7.80. The quantitative estimate of drug-likeness (QED) is 0.824. The summed E-state index contributed by atoms with van der Waals surface area (Å²) in [5, 5.41) is 16.9. The molecule has 1 amide bonds. The zero-order valence-electron chi connectivity index (χ0n) is 11.1. The van der Waals surface area contributed by atoms with E-state index in [1.165, 1.54) is 4.80 Å². The number of aromatic nitrogens is 4. The van der Waals surface area contributed by atoms with E-state index < -0.39 is 0 Å². The molecule has 0 radical (unpaired) electrons. The third kappa shape index (κ3) is 3.58. The van der Waals surface area contributed by atoms with Gasteiger partial charge >= 0.3 is 0 Å². The van der Waals surface area contributed by atoms with E-state index in [1.54, 1.807) is 12.1 Å². The average molecular weight is 290 g/mol. The van der Waals surface area contributed by atoms with Crippen molar-refractivity contribution >= 4 is 29.2 Å². The number of rotatable bonds is 3. The van der Waals surface area contributed by atoms with Crippen molar-refractivity contribution in [1.29, 1.82) is 0 Å². The molecule has 104 valence electrons. The molecule has 0 aliphatic heterocycles. The van der Waals surface area contributed by atoms with Gasteiger partial charge in [0.25, 0.3) is 11.9 Å². The molecule has 0 fully saturated rings. The first-order chi connectivity index (χ1) is 9.58. The van der Waals surface area contributed by atoms with Gasteiger partial charge in [-0.3, -0.25) is 15.4 Å². The number of aryl methyl sites for hydroxylation is 2.